The fourth-order valence-corrected chi connectivity index (χ4v) is 3.33. The number of carbonyl (C=O) groups excluding carboxylic acids is 1. The van der Waals surface area contributed by atoms with Crippen molar-refractivity contribution in [1.82, 2.24) is 19.6 Å². The zero-order chi connectivity index (χ0) is 22.9. The first-order valence-electron chi connectivity index (χ1n) is 9.62. The topological polar surface area (TPSA) is 74.0 Å². The van der Waals surface area contributed by atoms with Crippen LogP contribution in [0, 0.1) is 20.8 Å². The number of hydrogen-bond acceptors (Lipinski definition) is 4. The minimum Gasteiger partial charge on any atom is -0.497 e. The minimum atomic E-state index is -4.57. The molecule has 0 spiro atoms. The van der Waals surface area contributed by atoms with Crippen molar-refractivity contribution >= 4 is 11.6 Å². The number of hydrogen-bond donors (Lipinski definition) is 1. The third-order valence-corrected chi connectivity index (χ3v) is 5.06. The predicted molar refractivity (Wildman–Crippen MR) is 109 cm³/mol. The molecule has 1 atom stereocenters. The van der Waals surface area contributed by atoms with Crippen LogP contribution in [0.3, 0.4) is 0 Å². The quantitative estimate of drug-likeness (QED) is 0.627. The number of amides is 1. The molecule has 3 aromatic rings. The van der Waals surface area contributed by atoms with Crippen LogP contribution in [0.5, 0.6) is 5.75 Å². The number of methoxy groups -OCH3 is 1. The number of nitrogens with one attached hydrogen (secondary N) is 1. The van der Waals surface area contributed by atoms with Crippen molar-refractivity contribution in [1.29, 1.82) is 0 Å². The highest BCUT2D eigenvalue weighted by Gasteiger charge is 2.35. The van der Waals surface area contributed by atoms with Crippen molar-refractivity contribution < 1.29 is 22.7 Å². The smallest absolute Gasteiger partial charge is 0.435 e. The van der Waals surface area contributed by atoms with Crippen molar-refractivity contribution in [2.45, 2.75) is 46.5 Å². The summed E-state index contributed by atoms with van der Waals surface area (Å²) in [4.78, 5) is 12.8. The van der Waals surface area contributed by atoms with E-state index in [0.29, 0.717) is 17.9 Å². The summed E-state index contributed by atoms with van der Waals surface area (Å²) in [6.07, 6.45) is -4.57. The fourth-order valence-electron chi connectivity index (χ4n) is 3.33. The molecule has 0 fully saturated rings. The summed E-state index contributed by atoms with van der Waals surface area (Å²) in [5, 5.41) is 10.8. The van der Waals surface area contributed by atoms with Crippen LogP contribution in [-0.2, 0) is 17.5 Å². The summed E-state index contributed by atoms with van der Waals surface area (Å²) in [6, 6.07) is 7.56. The zero-order valence-corrected chi connectivity index (χ0v) is 17.9. The molecular weight excluding hydrogens is 411 g/mol. The Balaban J connectivity index is 1.79. The second-order valence-corrected chi connectivity index (χ2v) is 7.33. The van der Waals surface area contributed by atoms with Gasteiger partial charge in [0.05, 0.1) is 30.7 Å². The van der Waals surface area contributed by atoms with E-state index < -0.39 is 23.8 Å². The van der Waals surface area contributed by atoms with Crippen LogP contribution in [0.4, 0.5) is 18.9 Å². The molecule has 2 aromatic heterocycles. The Bertz CT molecular complexity index is 1100. The molecule has 0 aliphatic carbocycles. The van der Waals surface area contributed by atoms with Gasteiger partial charge < -0.3 is 10.1 Å². The number of carbonyl (C=O) groups is 1. The van der Waals surface area contributed by atoms with Crippen LogP contribution in [0.1, 0.15) is 41.3 Å². The lowest BCUT2D eigenvalue weighted by atomic mass is 10.2. The van der Waals surface area contributed by atoms with E-state index in [4.69, 9.17) is 4.74 Å². The molecule has 166 valence electrons. The zero-order valence-electron chi connectivity index (χ0n) is 17.9. The van der Waals surface area contributed by atoms with Crippen LogP contribution < -0.4 is 10.1 Å². The Morgan fingerprint density at radius 1 is 1.19 bits per heavy atom. The second kappa shape index (κ2) is 8.44. The molecule has 3 rings (SSSR count). The summed E-state index contributed by atoms with van der Waals surface area (Å²) in [6.45, 7) is 7.04. The average molecular weight is 435 g/mol. The van der Waals surface area contributed by atoms with Gasteiger partial charge in [-0.25, -0.2) is 0 Å². The number of rotatable bonds is 6. The number of anilines is 1. The first-order valence-corrected chi connectivity index (χ1v) is 9.62. The van der Waals surface area contributed by atoms with Gasteiger partial charge in [-0.1, -0.05) is 12.1 Å². The highest BCUT2D eigenvalue weighted by atomic mass is 19.4. The molecule has 31 heavy (non-hydrogen) atoms. The van der Waals surface area contributed by atoms with Crippen LogP contribution in [-0.4, -0.2) is 32.6 Å². The van der Waals surface area contributed by atoms with Crippen molar-refractivity contribution in [3.63, 3.8) is 0 Å². The molecule has 0 saturated heterocycles. The molecule has 1 amide bonds. The van der Waals surface area contributed by atoms with Crippen LogP contribution in [0.15, 0.2) is 30.3 Å². The summed E-state index contributed by atoms with van der Waals surface area (Å²) >= 11 is 0. The predicted octanol–water partition coefficient (Wildman–Crippen LogP) is 4.28. The van der Waals surface area contributed by atoms with Gasteiger partial charge in [0, 0.05) is 5.69 Å². The molecule has 0 aliphatic rings. The van der Waals surface area contributed by atoms with Crippen LogP contribution in [0.2, 0.25) is 0 Å². The maximum atomic E-state index is 12.9. The van der Waals surface area contributed by atoms with Gasteiger partial charge in [0.2, 0.25) is 5.91 Å². The van der Waals surface area contributed by atoms with Gasteiger partial charge in [-0.2, -0.15) is 23.4 Å². The van der Waals surface area contributed by atoms with Crippen molar-refractivity contribution in [2.24, 2.45) is 0 Å². The van der Waals surface area contributed by atoms with E-state index in [0.717, 1.165) is 27.8 Å². The van der Waals surface area contributed by atoms with Crippen LogP contribution >= 0.6 is 0 Å². The van der Waals surface area contributed by atoms with Gasteiger partial charge in [0.25, 0.3) is 0 Å². The Labute approximate surface area is 177 Å². The normalized spacial score (nSPS) is 12.6. The third-order valence-electron chi connectivity index (χ3n) is 5.06. The molecule has 0 aliphatic heterocycles. The minimum absolute atomic E-state index is 0.247. The second-order valence-electron chi connectivity index (χ2n) is 7.33. The number of aryl methyl sites for hydroxylation is 2. The highest BCUT2D eigenvalue weighted by molar-refractivity contribution is 5.94. The third kappa shape index (κ3) is 4.73. The summed E-state index contributed by atoms with van der Waals surface area (Å²) in [7, 11) is 1.59. The lowest BCUT2D eigenvalue weighted by Crippen LogP contribution is -2.26. The fraction of sp³-hybridized carbons (Fsp3) is 0.381. The van der Waals surface area contributed by atoms with Crippen molar-refractivity contribution in [3.8, 4) is 5.75 Å². The van der Waals surface area contributed by atoms with E-state index in [-0.39, 0.29) is 5.69 Å². The monoisotopic (exact) mass is 435 g/mol. The van der Waals surface area contributed by atoms with Crippen molar-refractivity contribution in [3.05, 3.63) is 58.7 Å². The summed E-state index contributed by atoms with van der Waals surface area (Å²) < 4.78 is 46.9. The van der Waals surface area contributed by atoms with Gasteiger partial charge in [-0.3, -0.25) is 14.2 Å². The molecule has 0 radical (unpaired) electrons. The summed E-state index contributed by atoms with van der Waals surface area (Å²) in [5.41, 5.74) is 2.06. The maximum Gasteiger partial charge on any atom is 0.435 e. The summed E-state index contributed by atoms with van der Waals surface area (Å²) in [5.74, 6) is 0.251. The van der Waals surface area contributed by atoms with E-state index >= 15 is 0 Å². The first-order chi connectivity index (χ1) is 14.5. The highest BCUT2D eigenvalue weighted by Crippen LogP contribution is 2.30. The number of ether oxygens (including phenoxy) is 1. The van der Waals surface area contributed by atoms with Gasteiger partial charge in [0.1, 0.15) is 11.8 Å². The van der Waals surface area contributed by atoms with Gasteiger partial charge in [-0.15, -0.1) is 0 Å². The largest absolute Gasteiger partial charge is 0.497 e. The molecule has 1 N–H and O–H groups in total. The number of aromatic nitrogens is 4. The average Bonchev–Trinajstić information content (AvgIpc) is 3.22. The number of benzene rings is 1. The number of nitrogens with zero attached hydrogens (tertiary/aromatic N) is 4. The van der Waals surface area contributed by atoms with E-state index in [2.05, 4.69) is 15.5 Å². The van der Waals surface area contributed by atoms with Crippen molar-refractivity contribution in [2.75, 3.05) is 12.4 Å². The van der Waals surface area contributed by atoms with Gasteiger partial charge in [-0.05, 0) is 51.5 Å². The molecule has 0 bridgehead atoms. The Morgan fingerprint density at radius 3 is 2.52 bits per heavy atom. The molecule has 1 aromatic carbocycles. The SMILES string of the molecule is COc1cccc(Cn2nc(C)c(NC(=O)C(C)n3nc(C(F)(F)F)cc3C)c2C)c1. The molecule has 0 saturated carbocycles. The number of alkyl halides is 3. The maximum absolute atomic E-state index is 12.9. The van der Waals surface area contributed by atoms with E-state index in [9.17, 15) is 18.0 Å². The molecule has 1 unspecified atom stereocenters. The Hall–Kier alpha value is -3.30. The first kappa shape index (κ1) is 22.4. The molecular formula is C21H24F3N5O2. The standard InChI is InChI=1S/C21H24F3N5O2/c1-12-9-18(21(22,23)24)27-29(12)15(4)20(30)25-19-13(2)26-28(14(19)3)11-16-7-6-8-17(10-16)31-5/h6-10,15H,11H2,1-5H3,(H,25,30). The molecule has 10 heteroatoms. The number of halogens is 3. The van der Waals surface area contributed by atoms with E-state index in [1.54, 1.807) is 18.7 Å². The van der Waals surface area contributed by atoms with Crippen LogP contribution in [0.25, 0.3) is 0 Å². The van der Waals surface area contributed by atoms with E-state index in [1.807, 2.05) is 31.2 Å². The Kier molecular flexibility index (Phi) is 6.10. The van der Waals surface area contributed by atoms with Gasteiger partial charge in [0.15, 0.2) is 5.69 Å². The Morgan fingerprint density at radius 2 is 1.90 bits per heavy atom. The molecule has 7 nitrogen and oxygen atoms in total. The van der Waals surface area contributed by atoms with E-state index in [1.165, 1.54) is 13.8 Å². The lowest BCUT2D eigenvalue weighted by molar-refractivity contribution is -0.141. The lowest BCUT2D eigenvalue weighted by Gasteiger charge is -2.15. The molecule has 2 heterocycles. The van der Waals surface area contributed by atoms with Gasteiger partial charge >= 0.3 is 6.18 Å².